The molecule has 0 bridgehead atoms. The molecule has 1 aromatic carbocycles. The number of ether oxygens (including phenoxy) is 2. The van der Waals surface area contributed by atoms with Crippen LogP contribution in [0.15, 0.2) is 46.3 Å². The molecule has 1 aliphatic heterocycles. The van der Waals surface area contributed by atoms with E-state index in [2.05, 4.69) is 27.8 Å². The van der Waals surface area contributed by atoms with Crippen LogP contribution in [0.25, 0.3) is 0 Å². The minimum absolute atomic E-state index is 0.180. The van der Waals surface area contributed by atoms with E-state index in [1.54, 1.807) is 20.8 Å². The molecule has 0 spiro atoms. The lowest BCUT2D eigenvalue weighted by molar-refractivity contribution is -0.152. The van der Waals surface area contributed by atoms with Gasteiger partial charge in [-0.25, -0.2) is 9.59 Å². The van der Waals surface area contributed by atoms with E-state index in [0.717, 1.165) is 35.1 Å². The molecular weight excluding hydrogens is 560 g/mol. The van der Waals surface area contributed by atoms with E-state index in [4.69, 9.17) is 13.7 Å². The van der Waals surface area contributed by atoms with Gasteiger partial charge < -0.3 is 23.9 Å². The highest BCUT2D eigenvalue weighted by Crippen LogP contribution is 2.30. The van der Waals surface area contributed by atoms with Gasteiger partial charge in [-0.3, -0.25) is 4.79 Å². The number of hydrogen-bond acceptors (Lipinski definition) is 7. The molecule has 0 radical (unpaired) electrons. The summed E-state index contributed by atoms with van der Waals surface area (Å²) in [6, 6.07) is 6.00. The number of nitrogens with zero attached hydrogens (tertiary/aromatic N) is 1. The van der Waals surface area contributed by atoms with E-state index in [9.17, 15) is 14.4 Å². The lowest BCUT2D eigenvalue weighted by Gasteiger charge is -2.31. The first-order chi connectivity index (χ1) is 17.4. The average molecular weight is 600 g/mol. The zero-order valence-electron chi connectivity index (χ0n) is 22.3. The molecule has 1 aromatic rings. The third kappa shape index (κ3) is 10.3. The van der Waals surface area contributed by atoms with Crippen LogP contribution in [-0.2, 0) is 23.2 Å². The normalized spacial score (nSPS) is 19.1. The van der Waals surface area contributed by atoms with E-state index >= 15 is 0 Å². The number of nitrogens with one attached hydrogen (secondary N) is 1. The van der Waals surface area contributed by atoms with Gasteiger partial charge in [-0.15, -0.1) is 6.58 Å². The predicted molar refractivity (Wildman–Crippen MR) is 148 cm³/mol. The van der Waals surface area contributed by atoms with Crippen LogP contribution >= 0.6 is 28.0 Å². The molecule has 1 N–H and O–H groups in total. The largest absolute Gasteiger partial charge is 0.467 e. The van der Waals surface area contributed by atoms with Gasteiger partial charge in [-0.2, -0.15) is 0 Å². The minimum Gasteiger partial charge on any atom is -0.467 e. The van der Waals surface area contributed by atoms with Crippen molar-refractivity contribution >= 4 is 45.9 Å². The number of methoxy groups -OCH3 is 1. The number of hydrogen-bond donors (Lipinski definition) is 1. The van der Waals surface area contributed by atoms with E-state index in [1.165, 1.54) is 24.1 Å². The Hall–Kier alpha value is -2.04. The first kappa shape index (κ1) is 31.2. The van der Waals surface area contributed by atoms with Crippen molar-refractivity contribution in [2.45, 2.75) is 88.5 Å². The molecule has 0 aromatic heterocycles. The van der Waals surface area contributed by atoms with Gasteiger partial charge in [0.1, 0.15) is 17.7 Å². The molecule has 1 aliphatic rings. The Kier molecular flexibility index (Phi) is 12.5. The molecule has 4 atom stereocenters. The second kappa shape index (κ2) is 14.8. The Morgan fingerprint density at radius 3 is 2.51 bits per heavy atom. The topological polar surface area (TPSA) is 94.2 Å². The summed E-state index contributed by atoms with van der Waals surface area (Å²) in [5.41, 5.74) is -0.712. The number of benzene rings is 1. The summed E-state index contributed by atoms with van der Waals surface area (Å²) in [7, 11) is 1.30. The molecule has 2 rings (SSSR count). The minimum atomic E-state index is -0.858. The van der Waals surface area contributed by atoms with Gasteiger partial charge in [-0.05, 0) is 70.2 Å². The van der Waals surface area contributed by atoms with Crippen molar-refractivity contribution in [3.63, 3.8) is 0 Å². The third-order valence-electron chi connectivity index (χ3n) is 5.94. The quantitative estimate of drug-likeness (QED) is 0.139. The summed E-state index contributed by atoms with van der Waals surface area (Å²) >= 11 is 4.61. The number of allylic oxidation sites excluding steroid dienone is 1. The summed E-state index contributed by atoms with van der Waals surface area (Å²) in [6.45, 7) is 11.2. The maximum atomic E-state index is 13.8. The van der Waals surface area contributed by atoms with Gasteiger partial charge in [0.25, 0.3) is 0 Å². The molecule has 2 amide bonds. The van der Waals surface area contributed by atoms with Crippen LogP contribution in [-0.4, -0.2) is 60.3 Å². The highest BCUT2D eigenvalue weighted by atomic mass is 79.9. The highest BCUT2D eigenvalue weighted by Gasteiger charge is 2.44. The molecule has 0 saturated carbocycles. The summed E-state index contributed by atoms with van der Waals surface area (Å²) in [6.07, 6.45) is 4.54. The SMILES string of the molecule is C=CCCCCC(C)C(NC(=O)OC(C)(C)C)C(=O)N1CC(OSc2ccc(Br)cc2)CC1C(=O)OC. The first-order valence-electron chi connectivity index (χ1n) is 12.5. The molecule has 1 heterocycles. The monoisotopic (exact) mass is 598 g/mol. The van der Waals surface area contributed by atoms with Gasteiger partial charge in [-0.1, -0.05) is 35.4 Å². The van der Waals surface area contributed by atoms with Crippen LogP contribution in [0, 0.1) is 5.92 Å². The fourth-order valence-electron chi connectivity index (χ4n) is 4.07. The Bertz CT molecular complexity index is 920. The number of rotatable bonds is 12. The number of halogens is 1. The molecule has 1 fully saturated rings. The lowest BCUT2D eigenvalue weighted by Crippen LogP contribution is -2.55. The maximum absolute atomic E-state index is 13.8. The molecule has 1 saturated heterocycles. The second-order valence-corrected chi connectivity index (χ2v) is 11.9. The molecule has 206 valence electrons. The van der Waals surface area contributed by atoms with Gasteiger partial charge in [0.15, 0.2) is 0 Å². The van der Waals surface area contributed by atoms with Crippen LogP contribution in [0.2, 0.25) is 0 Å². The number of carbonyl (C=O) groups excluding carboxylic acids is 3. The van der Waals surface area contributed by atoms with Crippen LogP contribution < -0.4 is 5.32 Å². The van der Waals surface area contributed by atoms with E-state index in [-0.39, 0.29) is 24.5 Å². The number of alkyl carbamates (subject to hydrolysis) is 1. The summed E-state index contributed by atoms with van der Waals surface area (Å²) < 4.78 is 17.4. The third-order valence-corrected chi connectivity index (χ3v) is 7.30. The van der Waals surface area contributed by atoms with Gasteiger partial charge >= 0.3 is 12.1 Å². The van der Waals surface area contributed by atoms with Crippen molar-refractivity contribution in [3.05, 3.63) is 41.4 Å². The molecule has 0 aliphatic carbocycles. The van der Waals surface area contributed by atoms with Crippen molar-refractivity contribution in [2.75, 3.05) is 13.7 Å². The van der Waals surface area contributed by atoms with E-state index in [1.807, 2.05) is 37.3 Å². The molecule has 37 heavy (non-hydrogen) atoms. The number of amides is 2. The zero-order chi connectivity index (χ0) is 27.6. The molecule has 4 unspecified atom stereocenters. The van der Waals surface area contributed by atoms with Crippen LogP contribution in [0.1, 0.15) is 59.8 Å². The van der Waals surface area contributed by atoms with Crippen molar-refractivity contribution in [1.29, 1.82) is 0 Å². The van der Waals surface area contributed by atoms with Gasteiger partial charge in [0.05, 0.1) is 13.2 Å². The van der Waals surface area contributed by atoms with Crippen LogP contribution in [0.4, 0.5) is 4.79 Å². The number of likely N-dealkylation sites (tertiary alicyclic amines) is 1. The Balaban J connectivity index is 2.18. The van der Waals surface area contributed by atoms with E-state index < -0.39 is 29.7 Å². The maximum Gasteiger partial charge on any atom is 0.408 e. The predicted octanol–water partition coefficient (Wildman–Crippen LogP) is 5.89. The van der Waals surface area contributed by atoms with Crippen molar-refractivity contribution < 1.29 is 28.0 Å². The van der Waals surface area contributed by atoms with E-state index in [0.29, 0.717) is 6.42 Å². The van der Waals surface area contributed by atoms with Crippen LogP contribution in [0.5, 0.6) is 0 Å². The second-order valence-electron chi connectivity index (χ2n) is 10.2. The summed E-state index contributed by atoms with van der Waals surface area (Å²) in [5.74, 6) is -1.04. The van der Waals surface area contributed by atoms with Crippen molar-refractivity contribution in [2.24, 2.45) is 5.92 Å². The number of unbranched alkanes of at least 4 members (excludes halogenated alkanes) is 2. The zero-order valence-corrected chi connectivity index (χ0v) is 24.7. The van der Waals surface area contributed by atoms with Crippen LogP contribution in [0.3, 0.4) is 0 Å². The Morgan fingerprint density at radius 1 is 1.24 bits per heavy atom. The van der Waals surface area contributed by atoms with Gasteiger partial charge in [0, 0.05) is 34.4 Å². The Morgan fingerprint density at radius 2 is 1.92 bits per heavy atom. The summed E-state index contributed by atoms with van der Waals surface area (Å²) in [5, 5.41) is 2.77. The molecule has 8 nitrogen and oxygen atoms in total. The molecule has 10 heteroatoms. The Labute approximate surface area is 233 Å². The highest BCUT2D eigenvalue weighted by molar-refractivity contribution is 9.10. The van der Waals surface area contributed by atoms with Gasteiger partial charge in [0.2, 0.25) is 5.91 Å². The standard InChI is InChI=1S/C27H39BrN2O6S/c1-7-8-9-10-11-18(2)23(29-26(33)35-27(3,4)5)24(31)30-17-20(16-22(30)25(32)34-6)36-37-21-14-12-19(28)13-15-21/h7,12-15,18,20,22-23H,1,8-11,16-17H2,2-6H3,(H,29,33). The van der Waals surface area contributed by atoms with Crippen molar-refractivity contribution in [1.82, 2.24) is 10.2 Å². The smallest absolute Gasteiger partial charge is 0.408 e. The average Bonchev–Trinajstić information content (AvgIpc) is 3.27. The number of carbonyl (C=O) groups is 3. The fraction of sp³-hybridized carbons (Fsp3) is 0.593. The lowest BCUT2D eigenvalue weighted by atomic mass is 9.94. The first-order valence-corrected chi connectivity index (χ1v) is 14.1. The molecular formula is C27H39BrN2O6S. The fourth-order valence-corrected chi connectivity index (χ4v) is 4.96. The number of esters is 1. The van der Waals surface area contributed by atoms with Crippen molar-refractivity contribution in [3.8, 4) is 0 Å². The summed E-state index contributed by atoms with van der Waals surface area (Å²) in [4.78, 5) is 41.5.